The molecular weight excluding hydrogens is 232 g/mol. The zero-order chi connectivity index (χ0) is 13.0. The largest absolute Gasteiger partial charge is 0.370 e. The average molecular weight is 256 g/mol. The highest BCUT2D eigenvalue weighted by Gasteiger charge is 2.46. The minimum Gasteiger partial charge on any atom is -0.370 e. The summed E-state index contributed by atoms with van der Waals surface area (Å²) in [5, 5.41) is 0. The van der Waals surface area contributed by atoms with Gasteiger partial charge in [0.15, 0.2) is 0 Å². The fraction of sp³-hybridized carbons (Fsp3) is 0.647. The van der Waals surface area contributed by atoms with Gasteiger partial charge >= 0.3 is 0 Å². The smallest absolute Gasteiger partial charge is 0.0434 e. The molecule has 0 radical (unpaired) electrons. The Labute approximate surface area is 116 Å². The number of piperidine rings is 1. The second-order valence-corrected chi connectivity index (χ2v) is 7.11. The highest BCUT2D eigenvalue weighted by Crippen LogP contribution is 2.51. The lowest BCUT2D eigenvalue weighted by Gasteiger charge is -2.54. The number of para-hydroxylation sites is 1. The zero-order valence-corrected chi connectivity index (χ0v) is 12.2. The first-order valence-electron chi connectivity index (χ1n) is 7.73. The number of hydrogen-bond acceptors (Lipinski definition) is 2. The number of fused-ring (bicyclic) bond motifs is 2. The van der Waals surface area contributed by atoms with Gasteiger partial charge in [-0.15, -0.1) is 0 Å². The number of anilines is 1. The van der Waals surface area contributed by atoms with Crippen molar-refractivity contribution in [1.82, 2.24) is 4.90 Å². The Morgan fingerprint density at radius 1 is 1.21 bits per heavy atom. The molecule has 1 aromatic carbocycles. The maximum absolute atomic E-state index is 2.68. The van der Waals surface area contributed by atoms with Crippen LogP contribution in [0.4, 0.5) is 5.69 Å². The Morgan fingerprint density at radius 3 is 3.00 bits per heavy atom. The van der Waals surface area contributed by atoms with Gasteiger partial charge in [-0.2, -0.15) is 0 Å². The van der Waals surface area contributed by atoms with Gasteiger partial charge in [0.05, 0.1) is 0 Å². The van der Waals surface area contributed by atoms with Gasteiger partial charge in [0.1, 0.15) is 0 Å². The van der Waals surface area contributed by atoms with Gasteiger partial charge in [-0.05, 0) is 49.9 Å². The number of nitrogens with zero attached hydrogens (tertiary/aromatic N) is 2. The second kappa shape index (κ2) is 3.99. The van der Waals surface area contributed by atoms with Crippen LogP contribution in [0.25, 0.3) is 0 Å². The van der Waals surface area contributed by atoms with E-state index in [2.05, 4.69) is 42.0 Å². The fourth-order valence-electron chi connectivity index (χ4n) is 4.84. The maximum Gasteiger partial charge on any atom is 0.0434 e. The van der Waals surface area contributed by atoms with Crippen LogP contribution in [-0.4, -0.2) is 38.1 Å². The molecule has 2 nitrogen and oxygen atoms in total. The molecule has 0 spiro atoms. The molecule has 2 heteroatoms. The molecular formula is C17H24N2. The normalized spacial score (nSPS) is 33.8. The van der Waals surface area contributed by atoms with Crippen LogP contribution in [0.15, 0.2) is 18.2 Å². The van der Waals surface area contributed by atoms with Crippen LogP contribution in [0.5, 0.6) is 0 Å². The van der Waals surface area contributed by atoms with Crippen molar-refractivity contribution in [2.75, 3.05) is 38.1 Å². The molecule has 2 atom stereocenters. The summed E-state index contributed by atoms with van der Waals surface area (Å²) < 4.78 is 0. The molecule has 0 amide bonds. The number of likely N-dealkylation sites (tertiary alicyclic amines) is 1. The minimum atomic E-state index is 0.440. The first-order valence-corrected chi connectivity index (χ1v) is 7.73. The van der Waals surface area contributed by atoms with E-state index < -0.39 is 0 Å². The minimum absolute atomic E-state index is 0.440. The van der Waals surface area contributed by atoms with Crippen molar-refractivity contribution in [3.8, 4) is 0 Å². The van der Waals surface area contributed by atoms with Crippen LogP contribution in [-0.2, 0) is 6.42 Å². The Balaban J connectivity index is 1.85. The second-order valence-electron chi connectivity index (χ2n) is 7.11. The summed E-state index contributed by atoms with van der Waals surface area (Å²) in [7, 11) is 2.28. The van der Waals surface area contributed by atoms with Gasteiger partial charge in [0.25, 0.3) is 0 Å². The molecule has 0 saturated carbocycles. The summed E-state index contributed by atoms with van der Waals surface area (Å²) in [5.41, 5.74) is 5.31. The van der Waals surface area contributed by atoms with Crippen LogP contribution in [0.3, 0.4) is 0 Å². The van der Waals surface area contributed by atoms with Crippen LogP contribution in [0, 0.1) is 5.41 Å². The number of aryl methyl sites for hydroxylation is 1. The molecule has 3 aliphatic heterocycles. The first kappa shape index (κ1) is 11.8. The number of rotatable bonds is 0. The van der Waals surface area contributed by atoms with E-state index in [0.29, 0.717) is 5.41 Å². The molecule has 0 aromatic heterocycles. The summed E-state index contributed by atoms with van der Waals surface area (Å²) in [5.74, 6) is 0.771. The molecule has 1 saturated heterocycles. The van der Waals surface area contributed by atoms with E-state index in [9.17, 15) is 0 Å². The molecule has 1 aromatic rings. The quantitative estimate of drug-likeness (QED) is 0.704. The highest BCUT2D eigenvalue weighted by atomic mass is 15.2. The fourth-order valence-corrected chi connectivity index (χ4v) is 4.84. The van der Waals surface area contributed by atoms with Crippen molar-refractivity contribution in [3.63, 3.8) is 0 Å². The van der Waals surface area contributed by atoms with Gasteiger partial charge in [-0.25, -0.2) is 0 Å². The molecule has 1 fully saturated rings. The number of benzene rings is 1. The Kier molecular flexibility index (Phi) is 2.47. The van der Waals surface area contributed by atoms with Crippen molar-refractivity contribution >= 4 is 5.69 Å². The van der Waals surface area contributed by atoms with E-state index in [1.165, 1.54) is 45.4 Å². The van der Waals surface area contributed by atoms with E-state index in [0.717, 1.165) is 5.92 Å². The summed E-state index contributed by atoms with van der Waals surface area (Å²) in [6.45, 7) is 7.53. The third-order valence-corrected chi connectivity index (χ3v) is 5.54. The van der Waals surface area contributed by atoms with Gasteiger partial charge in [-0.1, -0.05) is 25.1 Å². The highest BCUT2D eigenvalue weighted by molar-refractivity contribution is 5.65. The maximum atomic E-state index is 2.68. The third-order valence-electron chi connectivity index (χ3n) is 5.54. The first-order chi connectivity index (χ1) is 9.17. The van der Waals surface area contributed by atoms with Gasteiger partial charge in [-0.3, -0.25) is 0 Å². The van der Waals surface area contributed by atoms with Crippen LogP contribution in [0.1, 0.15) is 36.8 Å². The Hall–Kier alpha value is -1.02. The molecule has 4 rings (SSSR count). The third kappa shape index (κ3) is 1.66. The molecule has 3 heterocycles. The van der Waals surface area contributed by atoms with E-state index >= 15 is 0 Å². The predicted octanol–water partition coefficient (Wildman–Crippen LogP) is 2.88. The molecule has 0 unspecified atom stereocenters. The Bertz CT molecular complexity index is 510. The van der Waals surface area contributed by atoms with Gasteiger partial charge in [0.2, 0.25) is 0 Å². The molecule has 3 aliphatic rings. The lowest BCUT2D eigenvalue weighted by molar-refractivity contribution is 0.0962. The van der Waals surface area contributed by atoms with Crippen molar-refractivity contribution < 1.29 is 0 Å². The predicted molar refractivity (Wildman–Crippen MR) is 79.9 cm³/mol. The monoisotopic (exact) mass is 256 g/mol. The lowest BCUT2D eigenvalue weighted by atomic mass is 9.65. The van der Waals surface area contributed by atoms with Crippen LogP contribution in [0.2, 0.25) is 0 Å². The zero-order valence-electron chi connectivity index (χ0n) is 12.2. The van der Waals surface area contributed by atoms with Crippen molar-refractivity contribution in [2.24, 2.45) is 5.41 Å². The molecule has 0 bridgehead atoms. The lowest BCUT2D eigenvalue weighted by Crippen LogP contribution is -2.54. The summed E-state index contributed by atoms with van der Waals surface area (Å²) in [6.07, 6.45) is 3.94. The topological polar surface area (TPSA) is 6.48 Å². The van der Waals surface area contributed by atoms with E-state index in [-0.39, 0.29) is 0 Å². The summed E-state index contributed by atoms with van der Waals surface area (Å²) in [6, 6.07) is 7.05. The molecule has 0 aliphatic carbocycles. The Morgan fingerprint density at radius 2 is 2.11 bits per heavy atom. The standard InChI is InChI=1S/C17H24N2/c1-17-11-18(2)10-8-15(17)14-7-3-5-13-6-4-9-19(12-17)16(13)14/h3,5,7,15H,4,6,8-12H2,1-2H3/t15-,17+/m0/s1. The molecule has 19 heavy (non-hydrogen) atoms. The van der Waals surface area contributed by atoms with Gasteiger partial charge in [0, 0.05) is 30.7 Å². The molecule has 102 valence electrons. The molecule has 0 N–H and O–H groups in total. The van der Waals surface area contributed by atoms with E-state index in [4.69, 9.17) is 0 Å². The summed E-state index contributed by atoms with van der Waals surface area (Å²) >= 11 is 0. The summed E-state index contributed by atoms with van der Waals surface area (Å²) in [4.78, 5) is 5.21. The van der Waals surface area contributed by atoms with Crippen LogP contribution < -0.4 is 4.90 Å². The van der Waals surface area contributed by atoms with Crippen molar-refractivity contribution in [1.29, 1.82) is 0 Å². The van der Waals surface area contributed by atoms with Crippen molar-refractivity contribution in [3.05, 3.63) is 29.3 Å². The average Bonchev–Trinajstić information content (AvgIpc) is 2.38. The van der Waals surface area contributed by atoms with E-state index in [1.54, 1.807) is 16.8 Å². The van der Waals surface area contributed by atoms with Crippen molar-refractivity contribution in [2.45, 2.75) is 32.1 Å². The SMILES string of the molecule is CN1CC[C@H]2c3cccc4c3N(CCC4)C[C@@]2(C)C1. The van der Waals surface area contributed by atoms with E-state index in [1.807, 2.05) is 0 Å². The van der Waals surface area contributed by atoms with Gasteiger partial charge < -0.3 is 9.80 Å². The number of hydrogen-bond donors (Lipinski definition) is 0. The van der Waals surface area contributed by atoms with Crippen LogP contribution >= 0.6 is 0 Å².